The van der Waals surface area contributed by atoms with E-state index in [9.17, 15) is 28.4 Å². The topological polar surface area (TPSA) is 179 Å². The molecule has 15 nitrogen and oxygen atoms in total. The van der Waals surface area contributed by atoms with E-state index in [-0.39, 0.29) is 67.6 Å². The maximum absolute atomic E-state index is 15.0. The van der Waals surface area contributed by atoms with Gasteiger partial charge in [-0.25, -0.2) is 19.3 Å². The second-order valence-electron chi connectivity index (χ2n) is 16.1. The van der Waals surface area contributed by atoms with Crippen molar-refractivity contribution in [3.63, 3.8) is 0 Å². The van der Waals surface area contributed by atoms with Crippen LogP contribution in [0.5, 0.6) is 0 Å². The molecule has 3 N–H and O–H groups in total. The van der Waals surface area contributed by atoms with Gasteiger partial charge in [0.2, 0.25) is 5.91 Å². The minimum atomic E-state index is -0.744. The van der Waals surface area contributed by atoms with Gasteiger partial charge in [-0.2, -0.15) is 5.10 Å². The summed E-state index contributed by atoms with van der Waals surface area (Å²) in [6.45, 7) is 9.70. The summed E-state index contributed by atoms with van der Waals surface area (Å²) in [5.74, 6) is -1.69. The van der Waals surface area contributed by atoms with Crippen molar-refractivity contribution in [1.82, 2.24) is 35.2 Å². The van der Waals surface area contributed by atoms with Crippen LogP contribution in [0.1, 0.15) is 65.4 Å². The molecule has 1 saturated heterocycles. The van der Waals surface area contributed by atoms with E-state index in [1.807, 2.05) is 35.2 Å². The van der Waals surface area contributed by atoms with Crippen molar-refractivity contribution >= 4 is 40.3 Å². The van der Waals surface area contributed by atoms with Crippen LogP contribution < -0.4 is 16.2 Å². The number of pyridine rings is 1. The minimum absolute atomic E-state index is 0.0296. The average molecular weight is 849 g/mol. The summed E-state index contributed by atoms with van der Waals surface area (Å²) in [6, 6.07) is 21.1. The van der Waals surface area contributed by atoms with E-state index in [2.05, 4.69) is 32.7 Å². The van der Waals surface area contributed by atoms with Crippen LogP contribution in [0.15, 0.2) is 83.8 Å². The Hall–Kier alpha value is -6.52. The van der Waals surface area contributed by atoms with Gasteiger partial charge in [0.25, 0.3) is 17.4 Å². The fraction of sp³-hybridized carbons (Fsp3) is 0.370. The quantitative estimate of drug-likeness (QED) is 0.117. The summed E-state index contributed by atoms with van der Waals surface area (Å²) in [6.07, 6.45) is 2.03. The number of amides is 4. The average Bonchev–Trinajstić information content (AvgIpc) is 3.25. The number of likely N-dealkylation sites (N-methyl/N-ethyl adjacent to an activating group) is 1. The summed E-state index contributed by atoms with van der Waals surface area (Å²) in [5.41, 5.74) is 3.18. The second-order valence-corrected chi connectivity index (χ2v) is 16.1. The number of nitrogens with zero attached hydrogens (tertiary/aromatic N) is 5. The fourth-order valence-electron chi connectivity index (χ4n) is 7.01. The molecule has 62 heavy (non-hydrogen) atoms. The van der Waals surface area contributed by atoms with E-state index in [1.165, 1.54) is 12.1 Å². The van der Waals surface area contributed by atoms with Gasteiger partial charge < -0.3 is 24.6 Å². The van der Waals surface area contributed by atoms with E-state index in [0.29, 0.717) is 48.3 Å². The summed E-state index contributed by atoms with van der Waals surface area (Å²) in [5, 5.41) is 13.4. The summed E-state index contributed by atoms with van der Waals surface area (Å²) in [7, 11) is 1.80. The number of anilines is 1. The fourth-order valence-corrected chi connectivity index (χ4v) is 7.01. The predicted molar refractivity (Wildman–Crippen MR) is 234 cm³/mol. The number of nitrogens with one attached hydrogen (secondary N) is 3. The van der Waals surface area contributed by atoms with Gasteiger partial charge in [-0.3, -0.25) is 29.4 Å². The number of fused-ring (bicyclic) bond motifs is 1. The van der Waals surface area contributed by atoms with Gasteiger partial charge in [0, 0.05) is 62.8 Å². The number of aryl methyl sites for hydroxylation is 1. The Bertz CT molecular complexity index is 2480. The molecule has 0 radical (unpaired) electrons. The van der Waals surface area contributed by atoms with Crippen molar-refractivity contribution < 1.29 is 33.0 Å². The molecule has 1 aliphatic heterocycles. The zero-order valence-corrected chi connectivity index (χ0v) is 35.8. The number of halogens is 1. The monoisotopic (exact) mass is 848 g/mol. The van der Waals surface area contributed by atoms with Crippen LogP contribution in [0.2, 0.25) is 0 Å². The number of aromatic amines is 1. The third kappa shape index (κ3) is 11.9. The number of carbonyl (C=O) groups excluding carboxylic acids is 4. The molecule has 326 valence electrons. The van der Waals surface area contributed by atoms with Gasteiger partial charge in [-0.05, 0) is 75.2 Å². The second kappa shape index (κ2) is 20.4. The Morgan fingerprint density at radius 3 is 2.37 bits per heavy atom. The first kappa shape index (κ1) is 45.0. The van der Waals surface area contributed by atoms with E-state index in [4.69, 9.17) is 9.47 Å². The Balaban J connectivity index is 0.931. The lowest BCUT2D eigenvalue weighted by Crippen LogP contribution is -2.52. The number of hydrogen-bond donors (Lipinski definition) is 3. The molecule has 4 amide bonds. The molecule has 1 fully saturated rings. The lowest BCUT2D eigenvalue weighted by molar-refractivity contribution is -0.133. The van der Waals surface area contributed by atoms with Crippen LogP contribution in [0.25, 0.3) is 21.9 Å². The molecule has 6 rings (SSSR count). The Labute approximate surface area is 359 Å². The molecular weight excluding hydrogens is 796 g/mol. The van der Waals surface area contributed by atoms with Crippen LogP contribution in [0.4, 0.5) is 14.9 Å². The summed E-state index contributed by atoms with van der Waals surface area (Å²) >= 11 is 0. The number of ether oxygens (including phenoxy) is 2. The van der Waals surface area contributed by atoms with Crippen molar-refractivity contribution in [2.24, 2.45) is 0 Å². The largest absolute Gasteiger partial charge is 0.444 e. The normalized spacial score (nSPS) is 13.0. The Morgan fingerprint density at radius 2 is 1.63 bits per heavy atom. The SMILES string of the molecule is CCc1cccc(-c2cnc(C(=O)NCCOCCN(C)CC(=O)N3CCN(C(=O)c4cc(Cc5n[nH]c(=O)c6ccccc56)ccc4F)CC3)c(NC(=O)OC(C)(C)C)c2)c1. The van der Waals surface area contributed by atoms with E-state index in [1.54, 1.807) is 74.1 Å². The highest BCUT2D eigenvalue weighted by Crippen LogP contribution is 2.26. The van der Waals surface area contributed by atoms with Crippen LogP contribution >= 0.6 is 0 Å². The maximum atomic E-state index is 15.0. The van der Waals surface area contributed by atoms with Gasteiger partial charge in [-0.1, -0.05) is 55.5 Å². The number of piperazine rings is 1. The molecule has 0 aliphatic carbocycles. The van der Waals surface area contributed by atoms with Crippen LogP contribution in [0, 0.1) is 5.82 Å². The number of hydrogen-bond acceptors (Lipinski definition) is 10. The lowest BCUT2D eigenvalue weighted by atomic mass is 10.0. The molecule has 2 aromatic heterocycles. The molecule has 1 aliphatic rings. The first-order valence-electron chi connectivity index (χ1n) is 20.6. The van der Waals surface area contributed by atoms with Gasteiger partial charge in [-0.15, -0.1) is 0 Å². The molecule has 3 aromatic carbocycles. The van der Waals surface area contributed by atoms with Gasteiger partial charge in [0.1, 0.15) is 11.4 Å². The summed E-state index contributed by atoms with van der Waals surface area (Å²) < 4.78 is 26.2. The first-order valence-corrected chi connectivity index (χ1v) is 20.6. The number of benzene rings is 3. The smallest absolute Gasteiger partial charge is 0.412 e. The third-order valence-electron chi connectivity index (χ3n) is 10.3. The highest BCUT2D eigenvalue weighted by Gasteiger charge is 2.27. The molecule has 0 unspecified atom stereocenters. The Kier molecular flexibility index (Phi) is 14.8. The third-order valence-corrected chi connectivity index (χ3v) is 10.3. The van der Waals surface area contributed by atoms with E-state index < -0.39 is 29.3 Å². The molecule has 0 bridgehead atoms. The zero-order chi connectivity index (χ0) is 44.4. The molecule has 0 atom stereocenters. The van der Waals surface area contributed by atoms with Crippen molar-refractivity contribution in [3.05, 3.63) is 123 Å². The zero-order valence-electron chi connectivity index (χ0n) is 35.8. The molecule has 16 heteroatoms. The standard InChI is InChI=1S/C46H53FN8O7/c1-6-30-10-9-11-32(24-30)33-27-39(50-45(60)62-46(2,3)4)41(49-28-33)43(58)48-16-22-61-23-21-53(5)29-40(56)54-17-19-55(20-18-54)44(59)36-25-31(14-15-37(36)47)26-38-34-12-7-8-13-35(34)42(57)52-51-38/h7-15,24-25,27-28H,6,16-23,26,29H2,1-5H3,(H,48,58)(H,50,60)(H,52,57). The van der Waals surface area contributed by atoms with Crippen molar-refractivity contribution in [3.8, 4) is 11.1 Å². The van der Waals surface area contributed by atoms with Crippen molar-refractivity contribution in [2.75, 3.05) is 71.4 Å². The number of rotatable bonds is 15. The van der Waals surface area contributed by atoms with Crippen molar-refractivity contribution in [2.45, 2.75) is 46.1 Å². The van der Waals surface area contributed by atoms with Crippen LogP contribution in [-0.4, -0.2) is 125 Å². The van der Waals surface area contributed by atoms with Crippen LogP contribution in [-0.2, 0) is 27.1 Å². The van der Waals surface area contributed by atoms with Crippen LogP contribution in [0.3, 0.4) is 0 Å². The van der Waals surface area contributed by atoms with Gasteiger partial charge in [0.05, 0.1) is 42.1 Å². The molecule has 0 spiro atoms. The number of carbonyl (C=O) groups is 4. The number of aromatic nitrogens is 3. The van der Waals surface area contributed by atoms with E-state index >= 15 is 0 Å². The maximum Gasteiger partial charge on any atom is 0.412 e. The molecule has 5 aromatic rings. The number of H-pyrrole nitrogens is 1. The Morgan fingerprint density at radius 1 is 0.887 bits per heavy atom. The first-order chi connectivity index (χ1) is 29.7. The molecule has 3 heterocycles. The highest BCUT2D eigenvalue weighted by atomic mass is 19.1. The lowest BCUT2D eigenvalue weighted by Gasteiger charge is -2.35. The van der Waals surface area contributed by atoms with E-state index in [0.717, 1.165) is 23.1 Å². The predicted octanol–water partition coefficient (Wildman–Crippen LogP) is 5.29. The minimum Gasteiger partial charge on any atom is -0.444 e. The molecule has 0 saturated carbocycles. The van der Waals surface area contributed by atoms with Gasteiger partial charge in [0.15, 0.2) is 5.69 Å². The molecular formula is C46H53FN8O7. The highest BCUT2D eigenvalue weighted by molar-refractivity contribution is 6.02. The van der Waals surface area contributed by atoms with Crippen molar-refractivity contribution in [1.29, 1.82) is 0 Å². The summed E-state index contributed by atoms with van der Waals surface area (Å²) in [4.78, 5) is 74.2. The van der Waals surface area contributed by atoms with Gasteiger partial charge >= 0.3 is 6.09 Å².